The van der Waals surface area contributed by atoms with Gasteiger partial charge in [-0.2, -0.15) is 0 Å². The Morgan fingerprint density at radius 2 is 1.00 bits per heavy atom. The van der Waals surface area contributed by atoms with Crippen LogP contribution in [0.4, 0.5) is 17.6 Å². The molecule has 0 saturated carbocycles. The van der Waals surface area contributed by atoms with E-state index in [-0.39, 0.29) is 46.1 Å². The molecule has 0 heterocycles. The second kappa shape index (κ2) is 5.08. The summed E-state index contributed by atoms with van der Waals surface area (Å²) in [6.07, 6.45) is -5.50. The van der Waals surface area contributed by atoms with Gasteiger partial charge in [-0.3, -0.25) is 0 Å². The van der Waals surface area contributed by atoms with Gasteiger partial charge in [0.1, 0.15) is 0 Å². The fraction of sp³-hybridized carbons (Fsp3) is 1.00. The van der Waals surface area contributed by atoms with Gasteiger partial charge in [-0.05, 0) is 0 Å². The van der Waals surface area contributed by atoms with Gasteiger partial charge in [0, 0.05) is 0 Å². The van der Waals surface area contributed by atoms with Crippen LogP contribution in [0, 0.1) is 0 Å². The number of rotatable bonds is 0. The predicted octanol–water partition coefficient (Wildman–Crippen LogP) is 0.495. The molecule has 0 bridgehead atoms. The Hall–Kier alpha value is 0.940. The van der Waals surface area contributed by atoms with Gasteiger partial charge in [0.2, 0.25) is 0 Å². The third-order valence-corrected chi connectivity index (χ3v) is 0. The van der Waals surface area contributed by atoms with Crippen molar-refractivity contribution in [2.45, 2.75) is 6.43 Å². The first kappa shape index (κ1) is 15.7. The average molecular weight is 148 g/mol. The molecule has 0 radical (unpaired) electrons. The number of halogens is 4. The first-order valence-corrected chi connectivity index (χ1v) is 0.756. The zero-order valence-corrected chi connectivity index (χ0v) is 5.43. The van der Waals surface area contributed by atoms with Gasteiger partial charge in [-0.15, -0.1) is 17.6 Å². The van der Waals surface area contributed by atoms with Crippen molar-refractivity contribution in [1.82, 2.24) is 0 Å². The van der Waals surface area contributed by atoms with Gasteiger partial charge < -0.3 is 8.33 Å². The number of hydrogen-bond donors (Lipinski definition) is 0. The van der Waals surface area contributed by atoms with Gasteiger partial charge in [0.15, 0.2) is 0 Å². The van der Waals surface area contributed by atoms with Crippen LogP contribution >= 0.6 is 0 Å². The Morgan fingerprint density at radius 3 is 1.00 bits per heavy atom. The molecule has 1 nitrogen and oxygen atoms in total. The van der Waals surface area contributed by atoms with Gasteiger partial charge in [0.05, 0.1) is 0 Å². The maximum atomic E-state index is 9.69. The Morgan fingerprint density at radius 1 is 1.00 bits per heavy atom. The monoisotopic (exact) mass is 148 g/mol. The molecule has 44 valence electrons. The standard InChI is InChI=1S/CF4.Ca.H2O.2H/c2-1(3,4)5;;;;/h;;1H2;;/q;+2;;2*-1. The van der Waals surface area contributed by atoms with E-state index in [9.17, 15) is 17.6 Å². The first-order chi connectivity index (χ1) is 2.00. The van der Waals surface area contributed by atoms with Crippen molar-refractivity contribution < 1.29 is 25.9 Å². The molecule has 2 N–H and O–H groups in total. The minimum atomic E-state index is -5.50. The van der Waals surface area contributed by atoms with Crippen molar-refractivity contribution >= 4 is 37.7 Å². The molecule has 0 aromatic rings. The van der Waals surface area contributed by atoms with Crippen molar-refractivity contribution in [3.63, 3.8) is 0 Å². The molecule has 0 amide bonds. The summed E-state index contributed by atoms with van der Waals surface area (Å²) in [4.78, 5) is 0. The predicted molar refractivity (Wildman–Crippen MR) is 18.8 cm³/mol. The summed E-state index contributed by atoms with van der Waals surface area (Å²) in [5.74, 6) is 0. The van der Waals surface area contributed by atoms with Crippen LogP contribution in [0.5, 0.6) is 0 Å². The Labute approximate surface area is 70.0 Å². The molecule has 0 fully saturated rings. The summed E-state index contributed by atoms with van der Waals surface area (Å²) in [5.41, 5.74) is 0. The Kier molecular flexibility index (Phi) is 11.4. The maximum Gasteiger partial charge on any atom is 2.00 e. The second-order valence-electron chi connectivity index (χ2n) is 0.429. The minimum Gasteiger partial charge on any atom is -1.00 e. The summed E-state index contributed by atoms with van der Waals surface area (Å²) in [6, 6.07) is 0. The van der Waals surface area contributed by atoms with Crippen LogP contribution in [0.2, 0.25) is 0 Å². The van der Waals surface area contributed by atoms with E-state index >= 15 is 0 Å². The molecule has 0 spiro atoms. The quantitative estimate of drug-likeness (QED) is 0.354. The van der Waals surface area contributed by atoms with Crippen molar-refractivity contribution in [3.8, 4) is 0 Å². The fourth-order valence-electron chi connectivity index (χ4n) is 0. The molecule has 0 aromatic heterocycles. The third kappa shape index (κ3) is 192. The normalized spacial score (nSPS) is 8.57. The molecule has 0 unspecified atom stereocenters. The molecular formula is CH4CaF4O. The first-order valence-electron chi connectivity index (χ1n) is 0.756. The van der Waals surface area contributed by atoms with Crippen LogP contribution < -0.4 is 0 Å². The SMILES string of the molecule is FC(F)(F)F.O.[Ca+2].[H-].[H-]. The van der Waals surface area contributed by atoms with Crippen LogP contribution in [0.15, 0.2) is 0 Å². The van der Waals surface area contributed by atoms with Crippen LogP contribution in [-0.2, 0) is 0 Å². The molecule has 0 aliphatic heterocycles. The topological polar surface area (TPSA) is 31.5 Å². The number of hydrogen-bond acceptors (Lipinski definition) is 0. The molecule has 0 aliphatic rings. The largest absolute Gasteiger partial charge is 2.00 e. The van der Waals surface area contributed by atoms with E-state index in [4.69, 9.17) is 0 Å². The molecule has 0 aromatic carbocycles. The summed E-state index contributed by atoms with van der Waals surface area (Å²) in [5, 5.41) is 0. The van der Waals surface area contributed by atoms with E-state index in [1.54, 1.807) is 0 Å². The molecule has 7 heavy (non-hydrogen) atoms. The van der Waals surface area contributed by atoms with E-state index < -0.39 is 6.43 Å². The molecule has 0 aliphatic carbocycles. The summed E-state index contributed by atoms with van der Waals surface area (Å²) < 4.78 is 38.8. The summed E-state index contributed by atoms with van der Waals surface area (Å²) >= 11 is 0. The Bertz CT molecular complexity index is 34.0. The zero-order valence-electron chi connectivity index (χ0n) is 5.22. The number of alkyl halides is 4. The van der Waals surface area contributed by atoms with E-state index in [1.807, 2.05) is 0 Å². The second-order valence-corrected chi connectivity index (χ2v) is 0.429. The van der Waals surface area contributed by atoms with E-state index in [0.29, 0.717) is 0 Å². The van der Waals surface area contributed by atoms with Crippen LogP contribution in [0.1, 0.15) is 2.85 Å². The average Bonchev–Trinajstić information content (AvgIpc) is 0.722. The van der Waals surface area contributed by atoms with Crippen molar-refractivity contribution in [1.29, 1.82) is 0 Å². The zero-order chi connectivity index (χ0) is 4.50. The van der Waals surface area contributed by atoms with Crippen molar-refractivity contribution in [3.05, 3.63) is 0 Å². The molecule has 0 saturated heterocycles. The summed E-state index contributed by atoms with van der Waals surface area (Å²) in [7, 11) is 0. The van der Waals surface area contributed by atoms with E-state index in [2.05, 4.69) is 0 Å². The van der Waals surface area contributed by atoms with E-state index in [0.717, 1.165) is 0 Å². The smallest absolute Gasteiger partial charge is 1.00 e. The van der Waals surface area contributed by atoms with Crippen LogP contribution in [0.3, 0.4) is 0 Å². The van der Waals surface area contributed by atoms with Gasteiger partial charge in [0.25, 0.3) is 0 Å². The molecular weight excluding hydrogens is 144 g/mol. The molecule has 0 atom stereocenters. The van der Waals surface area contributed by atoms with Gasteiger partial charge in [-0.25, -0.2) is 0 Å². The molecule has 6 heteroatoms. The third-order valence-electron chi connectivity index (χ3n) is 0. The van der Waals surface area contributed by atoms with Gasteiger partial charge in [-0.1, -0.05) is 0 Å². The van der Waals surface area contributed by atoms with Gasteiger partial charge >= 0.3 is 44.2 Å². The maximum absolute atomic E-state index is 9.69. The van der Waals surface area contributed by atoms with Crippen LogP contribution in [0.25, 0.3) is 0 Å². The van der Waals surface area contributed by atoms with Crippen molar-refractivity contribution in [2.24, 2.45) is 0 Å². The summed E-state index contributed by atoms with van der Waals surface area (Å²) in [6.45, 7) is 0. The molecule has 0 rings (SSSR count). The Balaban J connectivity index is -0.0000000133. The van der Waals surface area contributed by atoms with E-state index in [1.165, 1.54) is 0 Å². The minimum absolute atomic E-state index is 0. The van der Waals surface area contributed by atoms with Crippen molar-refractivity contribution in [2.75, 3.05) is 0 Å². The van der Waals surface area contributed by atoms with Crippen LogP contribution in [-0.4, -0.2) is 49.6 Å². The fourth-order valence-corrected chi connectivity index (χ4v) is 0.